The Morgan fingerprint density at radius 1 is 1.23 bits per heavy atom. The lowest BCUT2D eigenvalue weighted by Gasteiger charge is -2.32. The van der Waals surface area contributed by atoms with Crippen molar-refractivity contribution in [2.24, 2.45) is 0 Å². The summed E-state index contributed by atoms with van der Waals surface area (Å²) >= 11 is 1.49. The number of aryl methyl sites for hydroxylation is 1. The fraction of sp³-hybridized carbons (Fsp3) is 0.208. The van der Waals surface area contributed by atoms with Crippen LogP contribution in [-0.2, 0) is 16.2 Å². The summed E-state index contributed by atoms with van der Waals surface area (Å²) in [7, 11) is 0. The van der Waals surface area contributed by atoms with E-state index in [0.717, 1.165) is 22.4 Å². The van der Waals surface area contributed by atoms with Gasteiger partial charge in [-0.3, -0.25) is 9.59 Å². The van der Waals surface area contributed by atoms with Gasteiger partial charge < -0.3 is 14.2 Å². The molecular formula is C24H19N3O3S. The molecule has 1 atom stereocenters. The number of nitriles is 1. The van der Waals surface area contributed by atoms with Crippen molar-refractivity contribution in [2.75, 3.05) is 17.2 Å². The monoisotopic (exact) mass is 429 g/mol. The average molecular weight is 430 g/mol. The van der Waals surface area contributed by atoms with Crippen LogP contribution in [0.15, 0.2) is 65.3 Å². The van der Waals surface area contributed by atoms with Gasteiger partial charge >= 0.3 is 0 Å². The zero-order valence-electron chi connectivity index (χ0n) is 16.9. The largest absolute Gasteiger partial charge is 0.459 e. The molecule has 0 saturated carbocycles. The smallest absolute Gasteiger partial charge is 0.291 e. The summed E-state index contributed by atoms with van der Waals surface area (Å²) in [5, 5.41) is 9.23. The van der Waals surface area contributed by atoms with E-state index in [-0.39, 0.29) is 17.6 Å². The molecule has 2 aromatic carbocycles. The van der Waals surface area contributed by atoms with Gasteiger partial charge in [-0.2, -0.15) is 5.26 Å². The van der Waals surface area contributed by atoms with Crippen LogP contribution < -0.4 is 4.90 Å². The second kappa shape index (κ2) is 7.33. The highest BCUT2D eigenvalue weighted by atomic mass is 32.2. The SMILES string of the molecule is Cc1ccc2c(c1)[C@@]1(SCCN1C(=O)c1ccco1)C(=O)N2Cc1cccc(C#N)c1. The third-order valence-corrected chi connectivity index (χ3v) is 7.14. The lowest BCUT2D eigenvalue weighted by molar-refractivity contribution is -0.123. The summed E-state index contributed by atoms with van der Waals surface area (Å²) in [5.41, 5.74) is 4.06. The third-order valence-electron chi connectivity index (χ3n) is 5.72. The predicted octanol–water partition coefficient (Wildman–Crippen LogP) is 4.05. The van der Waals surface area contributed by atoms with Gasteiger partial charge in [-0.1, -0.05) is 29.8 Å². The summed E-state index contributed by atoms with van der Waals surface area (Å²) < 4.78 is 5.35. The minimum atomic E-state index is -1.11. The zero-order valence-corrected chi connectivity index (χ0v) is 17.7. The van der Waals surface area contributed by atoms with Crippen LogP contribution in [0, 0.1) is 18.3 Å². The number of furan rings is 1. The number of fused-ring (bicyclic) bond motifs is 2. The predicted molar refractivity (Wildman–Crippen MR) is 117 cm³/mol. The molecule has 0 N–H and O–H groups in total. The maximum atomic E-state index is 14.0. The molecule has 0 unspecified atom stereocenters. The van der Waals surface area contributed by atoms with Gasteiger partial charge in [-0.25, -0.2) is 0 Å². The first-order chi connectivity index (χ1) is 15.0. The molecule has 0 bridgehead atoms. The Morgan fingerprint density at radius 3 is 2.87 bits per heavy atom. The molecule has 31 heavy (non-hydrogen) atoms. The normalized spacial score (nSPS) is 19.7. The summed E-state index contributed by atoms with van der Waals surface area (Å²) in [6.07, 6.45) is 1.46. The van der Waals surface area contributed by atoms with Gasteiger partial charge in [-0.15, -0.1) is 11.8 Å². The number of anilines is 1. The van der Waals surface area contributed by atoms with Crippen LogP contribution in [0.5, 0.6) is 0 Å². The molecule has 1 fully saturated rings. The molecule has 0 aliphatic carbocycles. The molecule has 3 aromatic rings. The Balaban J connectivity index is 1.60. The number of hydrogen-bond acceptors (Lipinski definition) is 5. The number of carbonyl (C=O) groups excluding carboxylic acids is 2. The first-order valence-corrected chi connectivity index (χ1v) is 10.9. The standard InChI is InChI=1S/C24H19N3O3S/c1-16-7-8-20-19(12-16)24(27(9-11-31-24)22(28)21-6-3-10-30-21)23(29)26(20)15-18-5-2-4-17(13-18)14-25/h2-8,10,12-13H,9,11,15H2,1H3/t24-/m1/s1. The molecule has 5 rings (SSSR count). The van der Waals surface area contributed by atoms with Gasteiger partial charge in [0.25, 0.3) is 11.8 Å². The first-order valence-electron chi connectivity index (χ1n) is 9.96. The van der Waals surface area contributed by atoms with Gasteiger partial charge in [0.15, 0.2) is 10.6 Å². The summed E-state index contributed by atoms with van der Waals surface area (Å²) in [5.74, 6) is 0.453. The van der Waals surface area contributed by atoms with Crippen molar-refractivity contribution in [1.29, 1.82) is 5.26 Å². The van der Waals surface area contributed by atoms with Gasteiger partial charge in [0.1, 0.15) is 0 Å². The second-order valence-electron chi connectivity index (χ2n) is 7.65. The van der Waals surface area contributed by atoms with E-state index in [1.807, 2.05) is 37.3 Å². The van der Waals surface area contributed by atoms with Gasteiger partial charge in [-0.05, 0) is 42.8 Å². The fourth-order valence-electron chi connectivity index (χ4n) is 4.34. The van der Waals surface area contributed by atoms with E-state index in [9.17, 15) is 14.9 Å². The van der Waals surface area contributed by atoms with Crippen molar-refractivity contribution in [3.05, 3.63) is 88.9 Å². The van der Waals surface area contributed by atoms with Crippen LogP contribution in [0.3, 0.4) is 0 Å². The molecule has 1 saturated heterocycles. The molecule has 2 aliphatic rings. The third kappa shape index (κ3) is 2.94. The average Bonchev–Trinajstić information content (AvgIpc) is 3.51. The molecule has 1 aromatic heterocycles. The molecule has 0 radical (unpaired) electrons. The molecule has 154 valence electrons. The molecule has 6 nitrogen and oxygen atoms in total. The van der Waals surface area contributed by atoms with Crippen LogP contribution in [0.2, 0.25) is 0 Å². The molecular weight excluding hydrogens is 410 g/mol. The summed E-state index contributed by atoms with van der Waals surface area (Å²) in [6.45, 7) is 2.77. The van der Waals surface area contributed by atoms with Crippen LogP contribution in [0.4, 0.5) is 5.69 Å². The quantitative estimate of drug-likeness (QED) is 0.628. The molecule has 3 heterocycles. The molecule has 1 spiro atoms. The summed E-state index contributed by atoms with van der Waals surface area (Å²) in [6, 6.07) is 18.6. The maximum Gasteiger partial charge on any atom is 0.291 e. The minimum absolute atomic E-state index is 0.141. The van der Waals surface area contributed by atoms with E-state index in [4.69, 9.17) is 4.42 Å². The van der Waals surface area contributed by atoms with Crippen molar-refractivity contribution in [3.63, 3.8) is 0 Å². The van der Waals surface area contributed by atoms with E-state index >= 15 is 0 Å². The van der Waals surface area contributed by atoms with Crippen LogP contribution >= 0.6 is 11.8 Å². The van der Waals surface area contributed by atoms with Crippen molar-refractivity contribution in [2.45, 2.75) is 18.3 Å². The van der Waals surface area contributed by atoms with Gasteiger partial charge in [0.05, 0.1) is 30.1 Å². The number of amides is 2. The highest BCUT2D eigenvalue weighted by Gasteiger charge is 2.59. The van der Waals surface area contributed by atoms with E-state index in [1.54, 1.807) is 34.1 Å². The van der Waals surface area contributed by atoms with Crippen LogP contribution in [0.25, 0.3) is 0 Å². The van der Waals surface area contributed by atoms with Gasteiger partial charge in [0, 0.05) is 17.9 Å². The van der Waals surface area contributed by atoms with Crippen molar-refractivity contribution < 1.29 is 14.0 Å². The lowest BCUT2D eigenvalue weighted by Crippen LogP contribution is -2.50. The minimum Gasteiger partial charge on any atom is -0.459 e. The number of benzene rings is 2. The second-order valence-corrected chi connectivity index (χ2v) is 8.94. The number of carbonyl (C=O) groups is 2. The molecule has 2 amide bonds. The van der Waals surface area contributed by atoms with Crippen molar-refractivity contribution in [3.8, 4) is 6.07 Å². The Labute approximate surface area is 184 Å². The number of nitrogens with zero attached hydrogens (tertiary/aromatic N) is 3. The van der Waals surface area contributed by atoms with E-state index in [1.165, 1.54) is 18.0 Å². The first kappa shape index (κ1) is 19.5. The fourth-order valence-corrected chi connectivity index (χ4v) is 5.79. The number of hydrogen-bond donors (Lipinski definition) is 0. The lowest BCUT2D eigenvalue weighted by atomic mass is 10.0. The number of thioether (sulfide) groups is 1. The van der Waals surface area contributed by atoms with Crippen molar-refractivity contribution >= 4 is 29.3 Å². The van der Waals surface area contributed by atoms with Crippen LogP contribution in [0.1, 0.15) is 32.8 Å². The zero-order chi connectivity index (χ0) is 21.6. The van der Waals surface area contributed by atoms with Crippen LogP contribution in [-0.4, -0.2) is 29.0 Å². The van der Waals surface area contributed by atoms with E-state index in [2.05, 4.69) is 6.07 Å². The highest BCUT2D eigenvalue weighted by Crippen LogP contribution is 2.55. The Bertz CT molecular complexity index is 1230. The van der Waals surface area contributed by atoms with Crippen molar-refractivity contribution in [1.82, 2.24) is 4.90 Å². The Morgan fingerprint density at radius 2 is 2.10 bits per heavy atom. The van der Waals surface area contributed by atoms with Gasteiger partial charge in [0.2, 0.25) is 0 Å². The summed E-state index contributed by atoms with van der Waals surface area (Å²) in [4.78, 5) is 29.5. The van der Waals surface area contributed by atoms with E-state index < -0.39 is 4.87 Å². The maximum absolute atomic E-state index is 14.0. The highest BCUT2D eigenvalue weighted by molar-refractivity contribution is 8.01. The Hall–Kier alpha value is -3.50. The topological polar surface area (TPSA) is 77.6 Å². The Kier molecular flexibility index (Phi) is 4.60. The molecule has 2 aliphatic heterocycles. The number of rotatable bonds is 3. The molecule has 7 heteroatoms. The van der Waals surface area contributed by atoms with E-state index in [0.29, 0.717) is 24.4 Å².